The zero-order chi connectivity index (χ0) is 27.6. The van der Waals surface area contributed by atoms with Gasteiger partial charge in [-0.05, 0) is 62.7 Å². The van der Waals surface area contributed by atoms with Crippen LogP contribution in [0, 0.1) is 6.57 Å². The number of rotatable bonds is 2. The van der Waals surface area contributed by atoms with Crippen LogP contribution in [0.2, 0.25) is 0 Å². The molecule has 0 bridgehead atoms. The number of fused-ring (bicyclic) bond motifs is 4. The van der Waals surface area contributed by atoms with E-state index in [4.69, 9.17) is 6.57 Å². The van der Waals surface area contributed by atoms with Gasteiger partial charge in [-0.25, -0.2) is 4.85 Å². The summed E-state index contributed by atoms with van der Waals surface area (Å²) in [6.07, 6.45) is 0.839. The Kier molecular flexibility index (Phi) is 4.10. The van der Waals surface area contributed by atoms with Crippen molar-refractivity contribution in [3.8, 4) is 5.69 Å². The number of para-hydroxylation sites is 1. The van der Waals surface area contributed by atoms with Crippen molar-refractivity contribution in [1.29, 1.82) is 0 Å². The highest BCUT2D eigenvalue weighted by Crippen LogP contribution is 2.49. The van der Waals surface area contributed by atoms with E-state index < -0.39 is 5.41 Å². The highest BCUT2D eigenvalue weighted by Gasteiger charge is 2.52. The molecule has 1 aromatic heterocycles. The number of hydrogen-bond acceptors (Lipinski definition) is 0. The van der Waals surface area contributed by atoms with E-state index in [1.165, 1.54) is 66.5 Å². The van der Waals surface area contributed by atoms with Crippen LogP contribution in [0.15, 0.2) is 127 Å². The van der Waals surface area contributed by atoms with Gasteiger partial charge in [0.15, 0.2) is 5.69 Å². The average molecular weight is 530 g/mol. The Labute approximate surface area is 244 Å². The molecule has 0 atom stereocenters. The summed E-state index contributed by atoms with van der Waals surface area (Å²) >= 11 is 0. The Balaban J connectivity index is 1.49. The van der Waals surface area contributed by atoms with E-state index in [0.717, 1.165) is 22.9 Å². The fraction of sp³-hybridized carbons (Fsp3) is 0.0513. The van der Waals surface area contributed by atoms with E-state index in [-0.39, 0.29) is 6.71 Å². The predicted molar refractivity (Wildman–Crippen MR) is 173 cm³/mol. The second kappa shape index (κ2) is 7.69. The number of aromatic nitrogens is 1. The summed E-state index contributed by atoms with van der Waals surface area (Å²) in [4.78, 5) is 4.10. The first-order valence-electron chi connectivity index (χ1n) is 14.7. The van der Waals surface area contributed by atoms with E-state index in [1.54, 1.807) is 0 Å². The summed E-state index contributed by atoms with van der Waals surface area (Å²) in [5, 5.41) is 2.26. The first-order valence-corrected chi connectivity index (χ1v) is 14.7. The van der Waals surface area contributed by atoms with E-state index in [9.17, 15) is 0 Å². The first kappa shape index (κ1) is 22.4. The zero-order valence-electron chi connectivity index (χ0n) is 22.8. The number of nitrogens with zero attached hydrogens (tertiary/aromatic N) is 2. The molecule has 0 radical (unpaired) electrons. The smallest absolute Gasteiger partial charge is 0.248 e. The van der Waals surface area contributed by atoms with Gasteiger partial charge in [0.1, 0.15) is 0 Å². The maximum absolute atomic E-state index is 8.19. The topological polar surface area (TPSA) is 9.29 Å². The molecule has 0 fully saturated rings. The van der Waals surface area contributed by atoms with Crippen molar-refractivity contribution in [1.82, 2.24) is 4.57 Å². The van der Waals surface area contributed by atoms with E-state index in [1.807, 2.05) is 0 Å². The lowest BCUT2D eigenvalue weighted by molar-refractivity contribution is 0.748. The van der Waals surface area contributed by atoms with Crippen molar-refractivity contribution in [3.63, 3.8) is 0 Å². The maximum atomic E-state index is 8.19. The zero-order valence-corrected chi connectivity index (χ0v) is 22.8. The molecule has 3 aliphatic rings. The van der Waals surface area contributed by atoms with Crippen LogP contribution >= 0.6 is 0 Å². The molecule has 0 aliphatic carbocycles. The molecule has 3 heteroatoms. The molecule has 42 heavy (non-hydrogen) atoms. The van der Waals surface area contributed by atoms with Gasteiger partial charge in [0, 0.05) is 16.6 Å². The molecular weight excluding hydrogens is 507 g/mol. The molecule has 6 aromatic carbocycles. The molecule has 192 valence electrons. The second-order valence-corrected chi connectivity index (χ2v) is 11.9. The molecule has 0 amide bonds. The summed E-state index contributed by atoms with van der Waals surface area (Å²) in [6.45, 7) is 8.32. The lowest BCUT2D eigenvalue weighted by Gasteiger charge is -2.48. The summed E-state index contributed by atoms with van der Waals surface area (Å²) < 4.78 is 2.48. The van der Waals surface area contributed by atoms with Crippen LogP contribution in [0.3, 0.4) is 0 Å². The average Bonchev–Trinajstić information content (AvgIpc) is 3.41. The summed E-state index contributed by atoms with van der Waals surface area (Å²) in [7, 11) is 0. The van der Waals surface area contributed by atoms with Crippen LogP contribution < -0.4 is 16.4 Å². The molecule has 2 nitrogen and oxygen atoms in total. The SMILES string of the molecule is [C-]#[N+]c1cc2c3c4c1c1ccccc1n4-c1cccc4c1B3c1c(cccc1C4(c1ccccc1)c1ccccc1)C2. The van der Waals surface area contributed by atoms with Crippen LogP contribution in [0.5, 0.6) is 0 Å². The van der Waals surface area contributed by atoms with Gasteiger partial charge in [-0.1, -0.05) is 126 Å². The predicted octanol–water partition coefficient (Wildman–Crippen LogP) is 6.76. The fourth-order valence-electron chi connectivity index (χ4n) is 8.79. The third-order valence-electron chi connectivity index (χ3n) is 10.2. The summed E-state index contributed by atoms with van der Waals surface area (Å²) in [5.41, 5.74) is 16.2. The van der Waals surface area contributed by atoms with Crippen molar-refractivity contribution in [3.05, 3.63) is 172 Å². The molecule has 0 saturated heterocycles. The molecule has 0 saturated carbocycles. The standard InChI is InChI=1S/C39H23BN2/c1-41-31-23-25-22-24-12-10-18-29-35(24)40-36(25)38-34(31)28-17-8-9-20-32(28)42(38)33-21-11-19-30(37(33)40)39(29,26-13-4-2-5-14-26)27-15-6-3-7-16-27/h2-21,23H,22H2. The lowest BCUT2D eigenvalue weighted by Crippen LogP contribution is -2.67. The van der Waals surface area contributed by atoms with Crippen LogP contribution in [-0.4, -0.2) is 11.3 Å². The van der Waals surface area contributed by atoms with Gasteiger partial charge in [-0.3, -0.25) is 0 Å². The Morgan fingerprint density at radius 2 is 1.31 bits per heavy atom. The molecule has 0 unspecified atom stereocenters. The fourth-order valence-corrected chi connectivity index (χ4v) is 8.79. The van der Waals surface area contributed by atoms with Gasteiger partial charge in [-0.15, -0.1) is 0 Å². The molecule has 3 aliphatic heterocycles. The molecule has 4 heterocycles. The van der Waals surface area contributed by atoms with Crippen LogP contribution in [0.25, 0.3) is 32.3 Å². The first-order chi connectivity index (χ1) is 20.8. The monoisotopic (exact) mass is 530 g/mol. The van der Waals surface area contributed by atoms with Crippen molar-refractivity contribution < 1.29 is 0 Å². The quantitative estimate of drug-likeness (QED) is 0.173. The number of benzene rings is 6. The van der Waals surface area contributed by atoms with Crippen molar-refractivity contribution in [2.24, 2.45) is 0 Å². The van der Waals surface area contributed by atoms with Gasteiger partial charge in [0.2, 0.25) is 6.71 Å². The maximum Gasteiger partial charge on any atom is 0.248 e. The molecule has 0 N–H and O–H groups in total. The van der Waals surface area contributed by atoms with Gasteiger partial charge in [0.05, 0.1) is 17.5 Å². The highest BCUT2D eigenvalue weighted by atomic mass is 15.0. The van der Waals surface area contributed by atoms with Gasteiger partial charge < -0.3 is 4.57 Å². The molecule has 0 spiro atoms. The minimum atomic E-state index is -0.455. The van der Waals surface area contributed by atoms with Crippen LogP contribution in [0.1, 0.15) is 33.4 Å². The third kappa shape index (κ3) is 2.41. The van der Waals surface area contributed by atoms with Crippen molar-refractivity contribution in [2.75, 3.05) is 0 Å². The normalized spacial score (nSPS) is 14.7. The lowest BCUT2D eigenvalue weighted by atomic mass is 9.27. The molecular formula is C39H23BN2. The number of hydrogen-bond donors (Lipinski definition) is 0. The Morgan fingerprint density at radius 1 is 0.643 bits per heavy atom. The van der Waals surface area contributed by atoms with E-state index >= 15 is 0 Å². The largest absolute Gasteiger partial charge is 0.312 e. The molecule has 10 rings (SSSR count). The van der Waals surface area contributed by atoms with Crippen molar-refractivity contribution in [2.45, 2.75) is 11.8 Å². The van der Waals surface area contributed by atoms with Crippen molar-refractivity contribution >= 4 is 50.6 Å². The van der Waals surface area contributed by atoms with Crippen LogP contribution in [-0.2, 0) is 11.8 Å². The Hall–Kier alpha value is -5.33. The minimum absolute atomic E-state index is 0.130. The second-order valence-electron chi connectivity index (χ2n) is 11.9. The van der Waals surface area contributed by atoms with Gasteiger partial charge in [0.25, 0.3) is 0 Å². The highest BCUT2D eigenvalue weighted by molar-refractivity contribution is 7.00. The minimum Gasteiger partial charge on any atom is -0.312 e. The third-order valence-corrected chi connectivity index (χ3v) is 10.2. The molecule has 7 aromatic rings. The van der Waals surface area contributed by atoms with Gasteiger partial charge in [-0.2, -0.15) is 0 Å². The van der Waals surface area contributed by atoms with Crippen LogP contribution in [0.4, 0.5) is 5.69 Å². The Morgan fingerprint density at radius 3 is 2.05 bits per heavy atom. The van der Waals surface area contributed by atoms with Gasteiger partial charge >= 0.3 is 0 Å². The summed E-state index contributed by atoms with van der Waals surface area (Å²) in [5.74, 6) is 0. The summed E-state index contributed by atoms with van der Waals surface area (Å²) in [6, 6.07) is 46.9. The van der Waals surface area contributed by atoms with E-state index in [2.05, 4.69) is 137 Å². The Bertz CT molecular complexity index is 2300. The van der Waals surface area contributed by atoms with E-state index in [0.29, 0.717) is 0 Å².